The minimum atomic E-state index is -4.17. The van der Waals surface area contributed by atoms with E-state index >= 15 is 0 Å². The summed E-state index contributed by atoms with van der Waals surface area (Å²) < 4.78 is 42.2. The smallest absolute Gasteiger partial charge is 0.264 e. The Morgan fingerprint density at radius 2 is 1.72 bits per heavy atom. The molecule has 12 heteroatoms. The summed E-state index contributed by atoms with van der Waals surface area (Å²) >= 11 is 0. The van der Waals surface area contributed by atoms with Gasteiger partial charge in [-0.3, -0.25) is 4.79 Å². The maximum atomic E-state index is 14.4. The van der Waals surface area contributed by atoms with Crippen LogP contribution in [0.3, 0.4) is 0 Å². The third-order valence-electron chi connectivity index (χ3n) is 8.73. The third kappa shape index (κ3) is 7.22. The van der Waals surface area contributed by atoms with E-state index in [0.29, 0.717) is 29.6 Å². The second-order valence-electron chi connectivity index (χ2n) is 12.7. The number of benzene rings is 2. The van der Waals surface area contributed by atoms with Crippen LogP contribution in [-0.4, -0.2) is 57.4 Å². The van der Waals surface area contributed by atoms with E-state index in [-0.39, 0.29) is 40.8 Å². The predicted octanol–water partition coefficient (Wildman–Crippen LogP) is 6.12. The van der Waals surface area contributed by atoms with Crippen LogP contribution in [0.2, 0.25) is 0 Å². The zero-order valence-corrected chi connectivity index (χ0v) is 28.1. The highest BCUT2D eigenvalue weighted by Gasteiger charge is 2.36. The van der Waals surface area contributed by atoms with Crippen LogP contribution in [0.1, 0.15) is 73.8 Å². The molecular formula is C35H40N6O5S. The van der Waals surface area contributed by atoms with Crippen molar-refractivity contribution >= 4 is 21.9 Å². The van der Waals surface area contributed by atoms with E-state index in [1.54, 1.807) is 35.5 Å². The lowest BCUT2D eigenvalue weighted by molar-refractivity contribution is 0.0312. The van der Waals surface area contributed by atoms with Gasteiger partial charge >= 0.3 is 0 Å². The van der Waals surface area contributed by atoms with Crippen molar-refractivity contribution in [1.82, 2.24) is 24.8 Å². The molecule has 1 N–H and O–H groups in total. The molecule has 246 valence electrons. The zero-order valence-electron chi connectivity index (χ0n) is 27.3. The fourth-order valence-electron chi connectivity index (χ4n) is 6.18. The van der Waals surface area contributed by atoms with Crippen LogP contribution in [-0.2, 0) is 16.6 Å². The third-order valence-corrected chi connectivity index (χ3v) is 10.1. The standard InChI is InChI=1S/C35H40N6O5S/c1-21(2)45-27-18-36-31(37-19-27)20-41-30(15-25-11-7-12-25)24(5)46-32-17-29(33-22(3)9-6-10-23(33)4)38-35(39-32)40-47(43,44)28-14-8-13-26(16-28)34(41)42/h6,8-10,13-14,16-19,21,24-25,30H,7,11-12,15,20H2,1-5H3,(H,38,39,40)/t24-,30-/m1/s1. The Morgan fingerprint density at radius 3 is 2.38 bits per heavy atom. The molecule has 2 aromatic carbocycles. The molecule has 2 aromatic heterocycles. The van der Waals surface area contributed by atoms with Crippen molar-refractivity contribution in [3.05, 3.63) is 83.4 Å². The van der Waals surface area contributed by atoms with Gasteiger partial charge in [0.25, 0.3) is 15.9 Å². The summed E-state index contributed by atoms with van der Waals surface area (Å²) in [7, 11) is -4.17. The molecule has 2 atom stereocenters. The fraction of sp³-hybridized carbons (Fsp3) is 0.400. The molecule has 1 amide bonds. The molecule has 4 bridgehead atoms. The molecule has 1 fully saturated rings. The Hall–Kier alpha value is -4.58. The first kappa shape index (κ1) is 32.4. The second kappa shape index (κ2) is 13.3. The molecule has 47 heavy (non-hydrogen) atoms. The van der Waals surface area contributed by atoms with E-state index in [2.05, 4.69) is 24.7 Å². The molecule has 0 saturated heterocycles. The monoisotopic (exact) mass is 656 g/mol. The van der Waals surface area contributed by atoms with Crippen LogP contribution in [0.5, 0.6) is 11.6 Å². The number of aryl methyl sites for hydroxylation is 2. The number of hydrogen-bond acceptors (Lipinski definition) is 9. The van der Waals surface area contributed by atoms with E-state index in [1.165, 1.54) is 12.1 Å². The highest BCUT2D eigenvalue weighted by atomic mass is 32.2. The first-order valence-corrected chi connectivity index (χ1v) is 17.5. The normalized spacial score (nSPS) is 19.4. The number of ether oxygens (including phenoxy) is 2. The van der Waals surface area contributed by atoms with E-state index in [0.717, 1.165) is 36.0 Å². The van der Waals surface area contributed by atoms with Crippen molar-refractivity contribution in [2.24, 2.45) is 5.92 Å². The first-order valence-electron chi connectivity index (χ1n) is 16.0. The van der Waals surface area contributed by atoms with Crippen molar-refractivity contribution in [1.29, 1.82) is 0 Å². The van der Waals surface area contributed by atoms with E-state index < -0.39 is 22.2 Å². The topological polar surface area (TPSA) is 136 Å². The average Bonchev–Trinajstić information content (AvgIpc) is 2.99. The molecule has 11 nitrogen and oxygen atoms in total. The summed E-state index contributed by atoms with van der Waals surface area (Å²) in [4.78, 5) is 34.2. The second-order valence-corrected chi connectivity index (χ2v) is 14.4. The van der Waals surface area contributed by atoms with E-state index in [4.69, 9.17) is 9.47 Å². The largest absolute Gasteiger partial charge is 0.488 e. The van der Waals surface area contributed by atoms with Crippen molar-refractivity contribution in [2.45, 2.75) is 90.0 Å². The summed E-state index contributed by atoms with van der Waals surface area (Å²) in [6.45, 7) is 9.82. The number of aromatic nitrogens is 4. The van der Waals surface area contributed by atoms with Gasteiger partial charge in [-0.15, -0.1) is 0 Å². The summed E-state index contributed by atoms with van der Waals surface area (Å²) in [5, 5.41) is 0. The summed E-state index contributed by atoms with van der Waals surface area (Å²) in [6, 6.07) is 13.3. The number of anilines is 1. The van der Waals surface area contributed by atoms with Crippen LogP contribution >= 0.6 is 0 Å². The number of amides is 1. The lowest BCUT2D eigenvalue weighted by atomic mass is 9.79. The van der Waals surface area contributed by atoms with Crippen LogP contribution in [0, 0.1) is 19.8 Å². The Morgan fingerprint density at radius 1 is 1.02 bits per heavy atom. The highest BCUT2D eigenvalue weighted by Crippen LogP contribution is 2.35. The molecule has 1 aliphatic heterocycles. The molecule has 1 saturated carbocycles. The van der Waals surface area contributed by atoms with Gasteiger partial charge in [0, 0.05) is 17.2 Å². The van der Waals surface area contributed by atoms with Crippen molar-refractivity contribution in [3.8, 4) is 22.9 Å². The summed E-state index contributed by atoms with van der Waals surface area (Å²) in [5.74, 6) is 1.11. The Labute approximate surface area is 275 Å². The molecule has 6 rings (SSSR count). The molecule has 4 aromatic rings. The quantitative estimate of drug-likeness (QED) is 0.249. The van der Waals surface area contributed by atoms with Crippen molar-refractivity contribution < 1.29 is 22.7 Å². The number of hydrogen-bond donors (Lipinski definition) is 1. The predicted molar refractivity (Wildman–Crippen MR) is 178 cm³/mol. The van der Waals surface area contributed by atoms with Crippen LogP contribution < -0.4 is 14.2 Å². The van der Waals surface area contributed by atoms with Gasteiger partial charge in [0.15, 0.2) is 5.75 Å². The number of nitrogens with zero attached hydrogens (tertiary/aromatic N) is 5. The lowest BCUT2D eigenvalue weighted by Crippen LogP contribution is -2.49. The minimum absolute atomic E-state index is 0.0365. The molecule has 0 spiro atoms. The highest BCUT2D eigenvalue weighted by molar-refractivity contribution is 7.92. The Kier molecular flexibility index (Phi) is 9.14. The molecule has 0 unspecified atom stereocenters. The van der Waals surface area contributed by atoms with Gasteiger partial charge in [-0.2, -0.15) is 4.98 Å². The van der Waals surface area contributed by atoms with Crippen molar-refractivity contribution in [2.75, 3.05) is 4.72 Å². The van der Waals surface area contributed by atoms with Gasteiger partial charge in [-0.05, 0) is 76.3 Å². The van der Waals surface area contributed by atoms with Crippen LogP contribution in [0.15, 0.2) is 65.8 Å². The molecule has 1 aliphatic carbocycles. The number of carbonyl (C=O) groups excluding carboxylic acids is 1. The molecule has 3 heterocycles. The van der Waals surface area contributed by atoms with E-state index in [9.17, 15) is 13.2 Å². The molecule has 2 aliphatic rings. The minimum Gasteiger partial charge on any atom is -0.488 e. The van der Waals surface area contributed by atoms with Gasteiger partial charge in [0.2, 0.25) is 11.8 Å². The molecule has 0 radical (unpaired) electrons. The average molecular weight is 657 g/mol. The lowest BCUT2D eigenvalue weighted by Gasteiger charge is -2.39. The maximum absolute atomic E-state index is 14.4. The Bertz CT molecular complexity index is 1860. The summed E-state index contributed by atoms with van der Waals surface area (Å²) in [6.07, 6.45) is 6.60. The number of carbonyl (C=O) groups is 1. The maximum Gasteiger partial charge on any atom is 0.264 e. The van der Waals surface area contributed by atoms with Crippen LogP contribution in [0.4, 0.5) is 5.95 Å². The van der Waals surface area contributed by atoms with Crippen molar-refractivity contribution in [3.63, 3.8) is 0 Å². The van der Waals surface area contributed by atoms with Gasteiger partial charge in [-0.1, -0.05) is 43.5 Å². The number of rotatable bonds is 7. The van der Waals surface area contributed by atoms with Crippen LogP contribution in [0.25, 0.3) is 11.3 Å². The van der Waals surface area contributed by atoms with Gasteiger partial charge < -0.3 is 14.4 Å². The SMILES string of the molecule is Cc1cccc(C)c1-c1cc2nc(n1)NS(=O)(=O)c1cccc(c1)C(=O)N(Cc1ncc(OC(C)C)cn1)[C@H](CC1CCC1)[C@@H](C)O2. The first-order chi connectivity index (χ1) is 22.5. The van der Waals surface area contributed by atoms with Gasteiger partial charge in [0.1, 0.15) is 11.9 Å². The molecular weight excluding hydrogens is 616 g/mol. The van der Waals surface area contributed by atoms with Gasteiger partial charge in [-0.25, -0.2) is 28.1 Å². The van der Waals surface area contributed by atoms with E-state index in [1.807, 2.05) is 52.8 Å². The number of sulfonamides is 1. The summed E-state index contributed by atoms with van der Waals surface area (Å²) in [5.41, 5.74) is 3.57. The Balaban J connectivity index is 1.48. The zero-order chi connectivity index (χ0) is 33.3. The van der Waals surface area contributed by atoms with Gasteiger partial charge in [0.05, 0.1) is 41.7 Å². The number of nitrogens with one attached hydrogen (secondary N) is 1. The number of fused-ring (bicyclic) bond motifs is 4. The fourth-order valence-corrected chi connectivity index (χ4v) is 7.17.